The molecule has 444 valence electrons. The van der Waals surface area contributed by atoms with Gasteiger partial charge < -0.3 is 75.1 Å². The highest BCUT2D eigenvalue weighted by atomic mass is 35.5. The molecule has 29 heteroatoms. The molecule has 8 unspecified atom stereocenters. The van der Waals surface area contributed by atoms with E-state index in [0.29, 0.717) is 75.6 Å². The summed E-state index contributed by atoms with van der Waals surface area (Å²) in [5.41, 5.74) is 29.1. The van der Waals surface area contributed by atoms with Crippen LogP contribution in [0.2, 0.25) is 0 Å². The highest BCUT2D eigenvalue weighted by Crippen LogP contribution is 2.26. The summed E-state index contributed by atoms with van der Waals surface area (Å²) in [6.07, 6.45) is 3.53. The Balaban J connectivity index is 0.00000729. The maximum atomic E-state index is 14.2. The molecule has 0 radical (unpaired) electrons. The van der Waals surface area contributed by atoms with Crippen molar-refractivity contribution in [1.29, 1.82) is 0 Å². The first-order chi connectivity index (χ1) is 36.9. The van der Waals surface area contributed by atoms with Crippen LogP contribution in [0.5, 0.6) is 0 Å². The minimum Gasteiger partial charge on any atom is -0.394 e. The quantitative estimate of drug-likeness (QED) is 0.0190. The average molecular weight is 1200 g/mol. The molecular formula is C51H77Cl4N15O10. The lowest BCUT2D eigenvalue weighted by Gasteiger charge is -2.32. The Labute approximate surface area is 488 Å². The third-order valence-corrected chi connectivity index (χ3v) is 13.9. The molecule has 80 heavy (non-hydrogen) atoms. The van der Waals surface area contributed by atoms with Crippen molar-refractivity contribution in [2.24, 2.45) is 38.7 Å². The fourth-order valence-corrected chi connectivity index (χ4v) is 9.88. The number of halogens is 4. The third kappa shape index (κ3) is 20.9. The van der Waals surface area contributed by atoms with Crippen molar-refractivity contribution < 1.29 is 48.3 Å². The van der Waals surface area contributed by atoms with E-state index >= 15 is 0 Å². The molecule has 16 N–H and O–H groups in total. The topological polar surface area (TPSA) is 399 Å². The molecule has 3 saturated heterocycles. The van der Waals surface area contributed by atoms with Gasteiger partial charge in [-0.05, 0) is 75.3 Å². The third-order valence-electron chi connectivity index (χ3n) is 13.6. The van der Waals surface area contributed by atoms with Crippen LogP contribution in [0.1, 0.15) is 75.3 Å². The predicted octanol–water partition coefficient (Wildman–Crippen LogP) is -2.00. The van der Waals surface area contributed by atoms with Crippen LogP contribution in [0, 0.1) is 0 Å². The largest absolute Gasteiger partial charge is 0.394 e. The highest BCUT2D eigenvalue weighted by Gasteiger charge is 2.44. The van der Waals surface area contributed by atoms with E-state index in [4.69, 9.17) is 40.3 Å². The molecule has 8 amide bonds. The van der Waals surface area contributed by atoms with Gasteiger partial charge in [0.15, 0.2) is 17.7 Å². The minimum atomic E-state index is -1.57. The average Bonchev–Trinajstić information content (AvgIpc) is 4.24. The SMILES string of the molecule is Cl.Cl.Cl.NC(N)=NCCCC(N)C(=O)N1CCCC1C(=O)N1CCCC1C(=O)NCC(=O)NC(Cc1ccccc1)C(=O)NC(CO)C(=O)N1CCCC1C(=O)NC(Cc1ccccc1)C(=O)NC(CCCN=C(N)N)C(=O)CCl. The molecule has 3 heterocycles. The summed E-state index contributed by atoms with van der Waals surface area (Å²) in [4.78, 5) is 136. The van der Waals surface area contributed by atoms with Gasteiger partial charge in [-0.25, -0.2) is 0 Å². The summed E-state index contributed by atoms with van der Waals surface area (Å²) in [6, 6.07) is 8.64. The second-order valence-electron chi connectivity index (χ2n) is 19.3. The number of alkyl halides is 1. The second kappa shape index (κ2) is 35.3. The monoisotopic (exact) mass is 1200 g/mol. The number of ketones is 1. The van der Waals surface area contributed by atoms with Crippen LogP contribution in [0.3, 0.4) is 0 Å². The number of aliphatic hydroxyl groups excluding tert-OH is 1. The number of amides is 8. The summed E-state index contributed by atoms with van der Waals surface area (Å²) in [6.45, 7) is -0.322. The van der Waals surface area contributed by atoms with Gasteiger partial charge in [-0.15, -0.1) is 48.8 Å². The summed E-state index contributed by atoms with van der Waals surface area (Å²) >= 11 is 5.89. The van der Waals surface area contributed by atoms with Crippen molar-refractivity contribution in [1.82, 2.24) is 41.3 Å². The maximum absolute atomic E-state index is 14.2. The molecule has 2 aromatic carbocycles. The Morgan fingerprint density at radius 3 is 1.56 bits per heavy atom. The summed E-state index contributed by atoms with van der Waals surface area (Å²) in [7, 11) is 0. The van der Waals surface area contributed by atoms with E-state index in [9.17, 15) is 48.3 Å². The molecule has 8 atom stereocenters. The molecule has 0 saturated carbocycles. The van der Waals surface area contributed by atoms with Gasteiger partial charge in [0, 0.05) is 45.6 Å². The smallest absolute Gasteiger partial charge is 0.248 e. The number of hydrogen-bond acceptors (Lipinski definition) is 13. The van der Waals surface area contributed by atoms with Gasteiger partial charge in [0.25, 0.3) is 0 Å². The Morgan fingerprint density at radius 1 is 0.588 bits per heavy atom. The van der Waals surface area contributed by atoms with Crippen LogP contribution in [-0.2, 0) is 56.0 Å². The van der Waals surface area contributed by atoms with E-state index in [2.05, 4.69) is 36.6 Å². The molecule has 3 fully saturated rings. The summed E-state index contributed by atoms with van der Waals surface area (Å²) < 4.78 is 0. The summed E-state index contributed by atoms with van der Waals surface area (Å²) in [5.74, 6) is -6.22. The maximum Gasteiger partial charge on any atom is 0.248 e. The second-order valence-corrected chi connectivity index (χ2v) is 19.5. The number of Topliss-reactive ketones (excluding diaryl/α,β-unsaturated/α-hetero) is 1. The van der Waals surface area contributed by atoms with Gasteiger partial charge in [-0.3, -0.25) is 53.1 Å². The highest BCUT2D eigenvalue weighted by molar-refractivity contribution is 6.28. The number of carbonyl (C=O) groups excluding carboxylic acids is 9. The molecule has 0 aliphatic carbocycles. The van der Waals surface area contributed by atoms with Gasteiger partial charge in [-0.2, -0.15) is 0 Å². The Bertz CT molecular complexity index is 2440. The molecule has 3 aliphatic heterocycles. The number of nitrogens with zero attached hydrogens (tertiary/aromatic N) is 5. The first-order valence-corrected chi connectivity index (χ1v) is 26.5. The number of benzene rings is 2. The number of hydrogen-bond donors (Lipinski definition) is 11. The van der Waals surface area contributed by atoms with Crippen molar-refractivity contribution in [2.45, 2.75) is 125 Å². The fourth-order valence-electron chi connectivity index (χ4n) is 9.70. The molecule has 2 aromatic rings. The molecule has 0 spiro atoms. The van der Waals surface area contributed by atoms with Crippen LogP contribution in [0.25, 0.3) is 0 Å². The van der Waals surface area contributed by atoms with Gasteiger partial charge in [0.1, 0.15) is 36.3 Å². The Kier molecular flexibility index (Phi) is 30.7. The summed E-state index contributed by atoms with van der Waals surface area (Å²) in [5, 5.41) is 23.8. The van der Waals surface area contributed by atoms with Crippen molar-refractivity contribution in [2.75, 3.05) is 51.8 Å². The standard InChI is InChI=1S/C51H74ClN15O10.3ClH/c52-28-41(69)34(17-8-22-59-51(56)57)62-44(72)36(27-32-14-5-2-6-15-32)63-46(74)39-19-10-23-65(39)48(76)37(30-68)64-43(71)35(26-31-12-3-1-4-13-31)61-42(70)29-60-45(73)38-18-9-24-66(38)49(77)40-20-11-25-67(40)47(75)33(53)16-7-21-58-50(54)55;;;/h1-6,12-15,33-40,68H,7-11,16-30,53H2,(H,60,73)(H,61,70)(H,62,72)(H,63,74)(H,64,71)(H4,54,55,58)(H4,56,57,59);3*1H. The van der Waals surface area contributed by atoms with E-state index in [0.717, 1.165) is 0 Å². The van der Waals surface area contributed by atoms with Crippen molar-refractivity contribution in [3.05, 3.63) is 71.8 Å². The van der Waals surface area contributed by atoms with Crippen LogP contribution in [-0.4, -0.2) is 185 Å². The molecule has 25 nitrogen and oxygen atoms in total. The van der Waals surface area contributed by atoms with Crippen molar-refractivity contribution in [3.63, 3.8) is 0 Å². The molecule has 3 aliphatic rings. The van der Waals surface area contributed by atoms with E-state index in [1.54, 1.807) is 60.7 Å². The zero-order valence-electron chi connectivity index (χ0n) is 44.4. The molecular weight excluding hydrogens is 1120 g/mol. The number of guanidine groups is 2. The number of aliphatic hydroxyl groups is 1. The van der Waals surface area contributed by atoms with Gasteiger partial charge in [0.2, 0.25) is 47.3 Å². The molecule has 5 rings (SSSR count). The lowest BCUT2D eigenvalue weighted by atomic mass is 10.0. The van der Waals surface area contributed by atoms with Crippen molar-refractivity contribution >= 4 is 114 Å². The number of aliphatic imine (C=N–C) groups is 2. The zero-order chi connectivity index (χ0) is 56.0. The molecule has 0 bridgehead atoms. The first kappa shape index (κ1) is 69.6. The van der Waals surface area contributed by atoms with Crippen LogP contribution < -0.4 is 55.3 Å². The van der Waals surface area contributed by atoms with Gasteiger partial charge in [0.05, 0.1) is 31.1 Å². The first-order valence-electron chi connectivity index (χ1n) is 26.0. The minimum absolute atomic E-state index is 0. The zero-order valence-corrected chi connectivity index (χ0v) is 47.6. The number of nitrogens with two attached hydrogens (primary N) is 5. The predicted molar refractivity (Wildman–Crippen MR) is 308 cm³/mol. The number of likely N-dealkylation sites (tertiary alicyclic amines) is 3. The Morgan fingerprint density at radius 2 is 1.05 bits per heavy atom. The van der Waals surface area contributed by atoms with E-state index in [-0.39, 0.29) is 106 Å². The molecule has 0 aromatic heterocycles. The van der Waals surface area contributed by atoms with Crippen LogP contribution in [0.15, 0.2) is 70.6 Å². The number of carbonyl (C=O) groups is 9. The Hall–Kier alpha value is -6.51. The van der Waals surface area contributed by atoms with E-state index in [1.807, 2.05) is 0 Å². The van der Waals surface area contributed by atoms with E-state index < -0.39 is 109 Å². The fraction of sp³-hybridized carbons (Fsp3) is 0.549. The van der Waals surface area contributed by atoms with Gasteiger partial charge >= 0.3 is 0 Å². The van der Waals surface area contributed by atoms with Crippen molar-refractivity contribution in [3.8, 4) is 0 Å². The van der Waals surface area contributed by atoms with E-state index in [1.165, 1.54) is 14.7 Å². The lowest BCUT2D eigenvalue weighted by Crippen LogP contribution is -2.60. The lowest BCUT2D eigenvalue weighted by molar-refractivity contribution is -0.147. The van der Waals surface area contributed by atoms with Crippen LogP contribution >= 0.6 is 48.8 Å². The normalized spacial score (nSPS) is 18.2. The number of nitrogens with one attached hydrogen (secondary N) is 5. The van der Waals surface area contributed by atoms with Gasteiger partial charge in [-0.1, -0.05) is 60.7 Å². The van der Waals surface area contributed by atoms with Crippen LogP contribution in [0.4, 0.5) is 0 Å². The number of rotatable bonds is 28.